The summed E-state index contributed by atoms with van der Waals surface area (Å²) >= 11 is 6.26. The minimum Gasteiger partial charge on any atom is -0.483 e. The number of amides is 1. The minimum absolute atomic E-state index is 0.0932. The number of hydrogen-bond donors (Lipinski definition) is 1. The van der Waals surface area contributed by atoms with Gasteiger partial charge in [-0.25, -0.2) is 4.98 Å². The van der Waals surface area contributed by atoms with Gasteiger partial charge in [-0.2, -0.15) is 0 Å². The molecule has 1 N–H and O–H groups in total. The quantitative estimate of drug-likeness (QED) is 0.570. The number of benzene rings is 2. The first-order valence-electron chi connectivity index (χ1n) is 10.4. The van der Waals surface area contributed by atoms with Crippen LogP contribution >= 0.6 is 11.6 Å². The molecular weight excluding hydrogens is 414 g/mol. The highest BCUT2D eigenvalue weighted by Gasteiger charge is 2.21. The van der Waals surface area contributed by atoms with Crippen LogP contribution in [0.3, 0.4) is 0 Å². The molecule has 31 heavy (non-hydrogen) atoms. The molecule has 0 bridgehead atoms. The van der Waals surface area contributed by atoms with E-state index < -0.39 is 0 Å². The molecule has 3 rings (SSSR count). The van der Waals surface area contributed by atoms with Crippen molar-refractivity contribution in [1.29, 1.82) is 0 Å². The van der Waals surface area contributed by atoms with Gasteiger partial charge in [-0.1, -0.05) is 37.6 Å². The third-order valence-electron chi connectivity index (χ3n) is 5.19. The Labute approximate surface area is 187 Å². The lowest BCUT2D eigenvalue weighted by Gasteiger charge is -2.26. The number of carbonyl (C=O) groups is 1. The van der Waals surface area contributed by atoms with Crippen LogP contribution in [0, 0.1) is 6.92 Å². The number of hydrogen-bond acceptors (Lipinski definition) is 4. The maximum atomic E-state index is 13.0. The van der Waals surface area contributed by atoms with E-state index in [0.29, 0.717) is 27.5 Å². The molecule has 1 aromatic heterocycles. The van der Waals surface area contributed by atoms with Gasteiger partial charge in [-0.05, 0) is 62.1 Å². The first kappa shape index (κ1) is 22.8. The molecule has 7 heteroatoms. The number of aryl methyl sites for hydroxylation is 1. The van der Waals surface area contributed by atoms with Gasteiger partial charge in [0.05, 0.1) is 17.4 Å². The molecule has 0 saturated carbocycles. The summed E-state index contributed by atoms with van der Waals surface area (Å²) in [5, 5.41) is 1.20. The SMILES string of the molecule is Cc1cc(OCC(=O)N(Cc2nc3ccccc3c(=O)[nH]2)C(C)C)c(C(C)C)cc1Cl. The average Bonchev–Trinajstić information content (AvgIpc) is 2.72. The number of nitrogens with zero attached hydrogens (tertiary/aromatic N) is 2. The van der Waals surface area contributed by atoms with Crippen molar-refractivity contribution in [3.05, 3.63) is 68.7 Å². The fraction of sp³-hybridized carbons (Fsp3) is 0.375. The van der Waals surface area contributed by atoms with Gasteiger partial charge in [0.15, 0.2) is 6.61 Å². The van der Waals surface area contributed by atoms with Crippen molar-refractivity contribution >= 4 is 28.4 Å². The van der Waals surface area contributed by atoms with Crippen LogP contribution in [0.25, 0.3) is 10.9 Å². The predicted octanol–water partition coefficient (Wildman–Crippen LogP) is 4.82. The normalized spacial score (nSPS) is 11.4. The van der Waals surface area contributed by atoms with Gasteiger partial charge in [0, 0.05) is 11.1 Å². The molecule has 0 fully saturated rings. The van der Waals surface area contributed by atoms with Crippen molar-refractivity contribution in [2.45, 2.75) is 53.1 Å². The Hall–Kier alpha value is -2.86. The van der Waals surface area contributed by atoms with Crippen molar-refractivity contribution in [1.82, 2.24) is 14.9 Å². The van der Waals surface area contributed by atoms with Gasteiger partial charge in [-0.15, -0.1) is 0 Å². The molecule has 2 aromatic carbocycles. The summed E-state index contributed by atoms with van der Waals surface area (Å²) in [4.78, 5) is 34.3. The van der Waals surface area contributed by atoms with Crippen LogP contribution in [-0.4, -0.2) is 33.4 Å². The molecule has 0 spiro atoms. The summed E-state index contributed by atoms with van der Waals surface area (Å²) in [5.41, 5.74) is 2.24. The fourth-order valence-corrected chi connectivity index (χ4v) is 3.57. The topological polar surface area (TPSA) is 75.3 Å². The second kappa shape index (κ2) is 9.52. The van der Waals surface area contributed by atoms with Crippen molar-refractivity contribution in [2.75, 3.05) is 6.61 Å². The molecule has 0 aliphatic carbocycles. The maximum Gasteiger partial charge on any atom is 0.261 e. The van der Waals surface area contributed by atoms with Gasteiger partial charge < -0.3 is 14.6 Å². The monoisotopic (exact) mass is 441 g/mol. The molecule has 0 unspecified atom stereocenters. The van der Waals surface area contributed by atoms with Crippen LogP contribution in [0.5, 0.6) is 5.75 Å². The van der Waals surface area contributed by atoms with Gasteiger partial charge in [0.25, 0.3) is 11.5 Å². The summed E-state index contributed by atoms with van der Waals surface area (Å²) in [6, 6.07) is 10.8. The van der Waals surface area contributed by atoms with E-state index in [9.17, 15) is 9.59 Å². The standard InChI is InChI=1S/C24H28ClN3O3/c1-14(2)18-11-19(25)16(5)10-21(18)31-13-23(29)28(15(3)4)12-22-26-20-9-7-6-8-17(20)24(30)27-22/h6-11,14-15H,12-13H2,1-5H3,(H,26,27,30). The number of aromatic amines is 1. The van der Waals surface area contributed by atoms with Gasteiger partial charge in [0.1, 0.15) is 11.6 Å². The number of rotatable bonds is 7. The molecule has 6 nitrogen and oxygen atoms in total. The van der Waals surface area contributed by atoms with Crippen LogP contribution in [0.4, 0.5) is 0 Å². The maximum absolute atomic E-state index is 13.0. The third kappa shape index (κ3) is 5.25. The predicted molar refractivity (Wildman–Crippen MR) is 124 cm³/mol. The summed E-state index contributed by atoms with van der Waals surface area (Å²) in [6.45, 7) is 9.93. The first-order chi connectivity index (χ1) is 14.7. The van der Waals surface area contributed by atoms with Crippen molar-refractivity contribution < 1.29 is 9.53 Å². The minimum atomic E-state index is -0.216. The van der Waals surface area contributed by atoms with Gasteiger partial charge in [0.2, 0.25) is 0 Å². The van der Waals surface area contributed by atoms with E-state index in [1.165, 1.54) is 0 Å². The molecule has 0 atom stereocenters. The molecule has 0 aliphatic heterocycles. The highest BCUT2D eigenvalue weighted by molar-refractivity contribution is 6.31. The van der Waals surface area contributed by atoms with Crippen LogP contribution in [-0.2, 0) is 11.3 Å². The van der Waals surface area contributed by atoms with E-state index >= 15 is 0 Å². The molecule has 1 heterocycles. The van der Waals surface area contributed by atoms with E-state index in [1.54, 1.807) is 23.1 Å². The molecule has 0 radical (unpaired) electrons. The first-order valence-corrected chi connectivity index (χ1v) is 10.8. The molecule has 0 saturated heterocycles. The second-order valence-electron chi connectivity index (χ2n) is 8.23. The highest BCUT2D eigenvalue weighted by atomic mass is 35.5. The summed E-state index contributed by atoms with van der Waals surface area (Å²) < 4.78 is 5.92. The van der Waals surface area contributed by atoms with Gasteiger partial charge >= 0.3 is 0 Å². The average molecular weight is 442 g/mol. The Morgan fingerprint density at radius 3 is 2.58 bits per heavy atom. The Kier molecular flexibility index (Phi) is 7.01. The zero-order chi connectivity index (χ0) is 22.7. The lowest BCUT2D eigenvalue weighted by atomic mass is 10.0. The Bertz CT molecular complexity index is 1150. The number of nitrogens with one attached hydrogen (secondary N) is 1. The number of aromatic nitrogens is 2. The van der Waals surface area contributed by atoms with E-state index in [-0.39, 0.29) is 36.6 Å². The van der Waals surface area contributed by atoms with E-state index in [1.807, 2.05) is 39.0 Å². The second-order valence-corrected chi connectivity index (χ2v) is 8.63. The zero-order valence-corrected chi connectivity index (χ0v) is 19.3. The highest BCUT2D eigenvalue weighted by Crippen LogP contribution is 2.32. The van der Waals surface area contributed by atoms with Crippen LogP contribution < -0.4 is 10.3 Å². The molecule has 164 valence electrons. The molecular formula is C24H28ClN3O3. The Morgan fingerprint density at radius 1 is 1.19 bits per heavy atom. The molecule has 3 aromatic rings. The van der Waals surface area contributed by atoms with E-state index in [4.69, 9.17) is 16.3 Å². The lowest BCUT2D eigenvalue weighted by Crippen LogP contribution is -2.40. The van der Waals surface area contributed by atoms with Crippen LogP contribution in [0.2, 0.25) is 5.02 Å². The largest absolute Gasteiger partial charge is 0.483 e. The van der Waals surface area contributed by atoms with E-state index in [2.05, 4.69) is 23.8 Å². The number of carbonyl (C=O) groups excluding carboxylic acids is 1. The summed E-state index contributed by atoms with van der Waals surface area (Å²) in [5.74, 6) is 1.12. The number of H-pyrrole nitrogens is 1. The number of halogens is 1. The lowest BCUT2D eigenvalue weighted by molar-refractivity contribution is -0.135. The Morgan fingerprint density at radius 2 is 1.90 bits per heavy atom. The third-order valence-corrected chi connectivity index (χ3v) is 5.60. The van der Waals surface area contributed by atoms with Crippen LogP contribution in [0.15, 0.2) is 41.2 Å². The fourth-order valence-electron chi connectivity index (χ4n) is 3.40. The molecule has 1 amide bonds. The van der Waals surface area contributed by atoms with Crippen molar-refractivity contribution in [3.63, 3.8) is 0 Å². The number of fused-ring (bicyclic) bond motifs is 1. The van der Waals surface area contributed by atoms with Crippen LogP contribution in [0.1, 0.15) is 50.6 Å². The van der Waals surface area contributed by atoms with Crippen molar-refractivity contribution in [3.8, 4) is 5.75 Å². The number of ether oxygens (including phenoxy) is 1. The van der Waals surface area contributed by atoms with Gasteiger partial charge in [-0.3, -0.25) is 9.59 Å². The zero-order valence-electron chi connectivity index (χ0n) is 18.5. The van der Waals surface area contributed by atoms with Crippen molar-refractivity contribution in [2.24, 2.45) is 0 Å². The number of para-hydroxylation sites is 1. The summed E-state index contributed by atoms with van der Waals surface area (Å²) in [6.07, 6.45) is 0. The summed E-state index contributed by atoms with van der Waals surface area (Å²) in [7, 11) is 0. The molecule has 0 aliphatic rings. The van der Waals surface area contributed by atoms with E-state index in [0.717, 1.165) is 11.1 Å². The smallest absolute Gasteiger partial charge is 0.261 e. The Balaban J connectivity index is 1.79.